The maximum absolute atomic E-state index is 12.8. The molecule has 0 aromatic carbocycles. The molecule has 1 unspecified atom stereocenters. The third kappa shape index (κ3) is 3.18. The fourth-order valence-corrected chi connectivity index (χ4v) is 0.853. The summed E-state index contributed by atoms with van der Waals surface area (Å²) in [4.78, 5) is 10.4. The first kappa shape index (κ1) is 14.9. The van der Waals surface area contributed by atoms with Crippen LogP contribution in [-0.2, 0) is 9.53 Å². The zero-order chi connectivity index (χ0) is 13.0. The summed E-state index contributed by atoms with van der Waals surface area (Å²) in [6.45, 7) is 4.12. The van der Waals surface area contributed by atoms with Gasteiger partial charge >= 0.3 is 18.0 Å². The van der Waals surface area contributed by atoms with Crippen molar-refractivity contribution in [3.05, 3.63) is 12.7 Å². The van der Waals surface area contributed by atoms with Crippen molar-refractivity contribution in [2.24, 2.45) is 0 Å². The molecule has 0 fully saturated rings. The van der Waals surface area contributed by atoms with Crippen molar-refractivity contribution in [2.75, 3.05) is 0 Å². The van der Waals surface area contributed by atoms with Crippen molar-refractivity contribution < 1.29 is 31.5 Å². The first-order chi connectivity index (χ1) is 7.19. The SMILES string of the molecule is C=CC(=O)OC(F)(F)C(F)(F)C(F)CCC. The average molecular weight is 246 g/mol. The summed E-state index contributed by atoms with van der Waals surface area (Å²) in [5, 5.41) is 0. The second-order valence-corrected chi connectivity index (χ2v) is 3.02. The van der Waals surface area contributed by atoms with E-state index in [0.717, 1.165) is 0 Å². The van der Waals surface area contributed by atoms with Crippen molar-refractivity contribution in [3.63, 3.8) is 0 Å². The monoisotopic (exact) mass is 246 g/mol. The van der Waals surface area contributed by atoms with Crippen molar-refractivity contribution in [1.82, 2.24) is 0 Å². The molecule has 16 heavy (non-hydrogen) atoms. The third-order valence-corrected chi connectivity index (χ3v) is 1.72. The molecule has 0 bridgehead atoms. The Balaban J connectivity index is 4.81. The summed E-state index contributed by atoms with van der Waals surface area (Å²) in [7, 11) is 0. The zero-order valence-electron chi connectivity index (χ0n) is 8.48. The van der Waals surface area contributed by atoms with Gasteiger partial charge in [-0.15, -0.1) is 0 Å². The van der Waals surface area contributed by atoms with Crippen LogP contribution in [0.15, 0.2) is 12.7 Å². The molecule has 0 N–H and O–H groups in total. The fraction of sp³-hybridized carbons (Fsp3) is 0.667. The highest BCUT2D eigenvalue weighted by Gasteiger charge is 2.65. The van der Waals surface area contributed by atoms with Gasteiger partial charge in [0.1, 0.15) is 0 Å². The Morgan fingerprint density at radius 2 is 1.94 bits per heavy atom. The molecule has 0 aliphatic rings. The quantitative estimate of drug-likeness (QED) is 0.409. The standard InChI is InChI=1S/C9H11F5O2/c1-3-5-6(10)8(11,12)9(13,14)16-7(15)4-2/h4,6H,2-3,5H2,1H3. The Labute approximate surface area is 89.1 Å². The van der Waals surface area contributed by atoms with E-state index < -0.39 is 30.6 Å². The van der Waals surface area contributed by atoms with E-state index in [9.17, 15) is 26.7 Å². The second-order valence-electron chi connectivity index (χ2n) is 3.02. The molecule has 0 aliphatic carbocycles. The summed E-state index contributed by atoms with van der Waals surface area (Å²) in [5.41, 5.74) is 0. The van der Waals surface area contributed by atoms with Crippen molar-refractivity contribution in [2.45, 2.75) is 38.0 Å². The number of rotatable bonds is 6. The first-order valence-corrected chi connectivity index (χ1v) is 4.44. The predicted octanol–water partition coefficient (Wildman–Crippen LogP) is 3.08. The number of carbonyl (C=O) groups excluding carboxylic acids is 1. The third-order valence-electron chi connectivity index (χ3n) is 1.72. The molecule has 0 saturated carbocycles. The van der Waals surface area contributed by atoms with E-state index in [1.165, 1.54) is 6.92 Å². The van der Waals surface area contributed by atoms with Crippen LogP contribution in [0.25, 0.3) is 0 Å². The Bertz CT molecular complexity index is 265. The van der Waals surface area contributed by atoms with Gasteiger partial charge in [-0.25, -0.2) is 9.18 Å². The number of alkyl halides is 5. The molecule has 0 aromatic rings. The highest BCUT2D eigenvalue weighted by atomic mass is 19.3. The molecule has 1 atom stereocenters. The van der Waals surface area contributed by atoms with Crippen LogP contribution < -0.4 is 0 Å². The summed E-state index contributed by atoms with van der Waals surface area (Å²) in [6.07, 6.45) is -8.77. The van der Waals surface area contributed by atoms with Gasteiger partial charge in [-0.1, -0.05) is 19.9 Å². The largest absolute Gasteiger partial charge is 0.469 e. The lowest BCUT2D eigenvalue weighted by Crippen LogP contribution is -2.50. The van der Waals surface area contributed by atoms with Gasteiger partial charge in [0.05, 0.1) is 0 Å². The van der Waals surface area contributed by atoms with Crippen LogP contribution in [0.5, 0.6) is 0 Å². The minimum atomic E-state index is -5.19. The fourth-order valence-electron chi connectivity index (χ4n) is 0.853. The number of halogens is 5. The summed E-state index contributed by atoms with van der Waals surface area (Å²) in [6, 6.07) is 0. The normalized spacial score (nSPS) is 14.4. The van der Waals surface area contributed by atoms with E-state index >= 15 is 0 Å². The predicted molar refractivity (Wildman–Crippen MR) is 46.0 cm³/mol. The average Bonchev–Trinajstić information content (AvgIpc) is 2.17. The zero-order valence-corrected chi connectivity index (χ0v) is 8.48. The molecule has 7 heteroatoms. The van der Waals surface area contributed by atoms with Crippen molar-refractivity contribution in [1.29, 1.82) is 0 Å². The van der Waals surface area contributed by atoms with E-state index in [4.69, 9.17) is 0 Å². The minimum Gasteiger partial charge on any atom is -0.393 e. The Morgan fingerprint density at radius 3 is 2.31 bits per heavy atom. The first-order valence-electron chi connectivity index (χ1n) is 4.44. The molecule has 0 amide bonds. The number of hydrogen-bond donors (Lipinski definition) is 0. The molecule has 0 aromatic heterocycles. The molecule has 0 aliphatic heterocycles. The summed E-state index contributed by atoms with van der Waals surface area (Å²) in [5.74, 6) is -6.80. The van der Waals surface area contributed by atoms with Crippen molar-refractivity contribution >= 4 is 5.97 Å². The van der Waals surface area contributed by atoms with Crippen LogP contribution in [0.4, 0.5) is 22.0 Å². The molecule has 2 nitrogen and oxygen atoms in total. The maximum Gasteiger partial charge on any atom is 0.469 e. The van der Waals surface area contributed by atoms with Gasteiger partial charge in [0, 0.05) is 6.08 Å². The number of ether oxygens (including phenoxy) is 1. The molecule has 0 spiro atoms. The van der Waals surface area contributed by atoms with Gasteiger partial charge in [0.25, 0.3) is 0 Å². The minimum absolute atomic E-state index is 0.0394. The van der Waals surface area contributed by atoms with E-state index in [-0.39, 0.29) is 12.5 Å². The number of esters is 1. The smallest absolute Gasteiger partial charge is 0.393 e. The molecular weight excluding hydrogens is 235 g/mol. The molecule has 0 radical (unpaired) electrons. The van der Waals surface area contributed by atoms with Crippen LogP contribution in [-0.4, -0.2) is 24.2 Å². The van der Waals surface area contributed by atoms with Gasteiger partial charge < -0.3 is 4.74 Å². The van der Waals surface area contributed by atoms with Crippen LogP contribution in [0.1, 0.15) is 19.8 Å². The molecule has 0 saturated heterocycles. The van der Waals surface area contributed by atoms with Crippen LogP contribution in [0.2, 0.25) is 0 Å². The molecular formula is C9H11F5O2. The Kier molecular flexibility index (Phi) is 4.89. The summed E-state index contributed by atoms with van der Waals surface area (Å²) < 4.78 is 67.1. The van der Waals surface area contributed by atoms with Gasteiger partial charge in [0.15, 0.2) is 6.17 Å². The molecule has 94 valence electrons. The van der Waals surface area contributed by atoms with Crippen LogP contribution in [0.3, 0.4) is 0 Å². The van der Waals surface area contributed by atoms with Gasteiger partial charge in [0.2, 0.25) is 0 Å². The second kappa shape index (κ2) is 5.27. The van der Waals surface area contributed by atoms with Gasteiger partial charge in [-0.05, 0) is 6.42 Å². The Hall–Kier alpha value is -1.14. The summed E-state index contributed by atoms with van der Waals surface area (Å²) >= 11 is 0. The van der Waals surface area contributed by atoms with Gasteiger partial charge in [-0.3, -0.25) is 0 Å². The number of carbonyl (C=O) groups is 1. The number of hydrogen-bond acceptors (Lipinski definition) is 2. The van der Waals surface area contributed by atoms with Crippen LogP contribution >= 0.6 is 0 Å². The van der Waals surface area contributed by atoms with Gasteiger partial charge in [-0.2, -0.15) is 17.6 Å². The van der Waals surface area contributed by atoms with E-state index in [1.807, 2.05) is 0 Å². The molecule has 0 heterocycles. The van der Waals surface area contributed by atoms with E-state index in [0.29, 0.717) is 0 Å². The highest BCUT2D eigenvalue weighted by molar-refractivity contribution is 5.81. The van der Waals surface area contributed by atoms with E-state index in [2.05, 4.69) is 11.3 Å². The van der Waals surface area contributed by atoms with Crippen LogP contribution in [0, 0.1) is 0 Å². The van der Waals surface area contributed by atoms with E-state index in [1.54, 1.807) is 0 Å². The Morgan fingerprint density at radius 1 is 1.44 bits per heavy atom. The lowest BCUT2D eigenvalue weighted by atomic mass is 10.1. The van der Waals surface area contributed by atoms with Crippen molar-refractivity contribution in [3.8, 4) is 0 Å². The lowest BCUT2D eigenvalue weighted by molar-refractivity contribution is -0.344. The molecule has 0 rings (SSSR count). The topological polar surface area (TPSA) is 26.3 Å². The highest BCUT2D eigenvalue weighted by Crippen LogP contribution is 2.40. The lowest BCUT2D eigenvalue weighted by Gasteiger charge is -2.27. The maximum atomic E-state index is 12.8.